The van der Waals surface area contributed by atoms with Crippen LogP contribution in [0.2, 0.25) is 0 Å². The molecule has 2 aliphatic rings. The first-order chi connectivity index (χ1) is 25.4. The third-order valence-electron chi connectivity index (χ3n) is 9.38. The molecule has 0 aliphatic carbocycles. The average Bonchev–Trinajstić information content (AvgIpc) is 3.11. The zero-order valence-electron chi connectivity index (χ0n) is 27.7. The number of aromatic hydroxyl groups is 4. The Labute approximate surface area is 305 Å². The van der Waals surface area contributed by atoms with Crippen LogP contribution in [0.15, 0.2) is 84.9 Å². The molecule has 0 atom stereocenters. The van der Waals surface area contributed by atoms with Gasteiger partial charge in [0.05, 0.1) is 25.3 Å². The molecule has 278 valence electrons. The molecule has 0 spiro atoms. The second kappa shape index (κ2) is 12.1. The Hall–Kier alpha value is -6.34. The van der Waals surface area contributed by atoms with Gasteiger partial charge in [0, 0.05) is 57.6 Å². The summed E-state index contributed by atoms with van der Waals surface area (Å²) in [5.41, 5.74) is -4.83. The number of ether oxygens (including phenoxy) is 2. The minimum Gasteiger partial charge on any atom is -0.508 e. The van der Waals surface area contributed by atoms with Gasteiger partial charge in [-0.2, -0.15) is 16.8 Å². The molecule has 0 radical (unpaired) electrons. The topological polar surface area (TPSA) is 261 Å². The van der Waals surface area contributed by atoms with Gasteiger partial charge in [-0.15, -0.1) is 0 Å². The summed E-state index contributed by atoms with van der Waals surface area (Å²) in [6.45, 7) is 0. The molecule has 0 amide bonds. The Balaban J connectivity index is 1.74. The van der Waals surface area contributed by atoms with Gasteiger partial charge in [0.1, 0.15) is 46.0 Å². The van der Waals surface area contributed by atoms with E-state index in [1.165, 1.54) is 0 Å². The highest BCUT2D eigenvalue weighted by Gasteiger charge is 2.60. The molecule has 5 aromatic carbocycles. The SMILES string of the molecule is COS(=O)(=O)C1(c2cc(C(=O)O)c(C3(S(=O)(=O)OC)c4ccc(O)cc4Oc4cc(O)ccc43)cc2C(=O)O)c2ccc(O)cc2Oc2cc(O)ccc21. The van der Waals surface area contributed by atoms with Crippen LogP contribution >= 0.6 is 0 Å². The summed E-state index contributed by atoms with van der Waals surface area (Å²) in [6.07, 6.45) is 0. The lowest BCUT2D eigenvalue weighted by molar-refractivity contribution is 0.0678. The maximum Gasteiger partial charge on any atom is 0.336 e. The normalized spacial score (nSPS) is 15.0. The molecule has 0 aromatic heterocycles. The van der Waals surface area contributed by atoms with Crippen molar-refractivity contribution >= 4 is 32.2 Å². The molecule has 54 heavy (non-hydrogen) atoms. The van der Waals surface area contributed by atoms with Crippen LogP contribution in [-0.2, 0) is 38.1 Å². The second-order valence-electron chi connectivity index (χ2n) is 12.1. The van der Waals surface area contributed by atoms with Gasteiger partial charge in [0.25, 0.3) is 20.2 Å². The Kier molecular flexibility index (Phi) is 8.08. The number of aromatic carboxylic acids is 2. The van der Waals surface area contributed by atoms with E-state index < -0.39 is 86.9 Å². The van der Waals surface area contributed by atoms with Gasteiger partial charge < -0.3 is 40.1 Å². The van der Waals surface area contributed by atoms with E-state index in [2.05, 4.69) is 0 Å². The third-order valence-corrected chi connectivity index (χ3v) is 13.1. The van der Waals surface area contributed by atoms with Crippen LogP contribution in [0, 0.1) is 0 Å². The number of phenolic OH excluding ortho intramolecular Hbond substituents is 4. The smallest absolute Gasteiger partial charge is 0.336 e. The second-order valence-corrected chi connectivity index (χ2v) is 15.8. The largest absolute Gasteiger partial charge is 0.508 e. The standard InChI is InChI=1S/C36H26O16S2/c1-49-53(45,46)35(23-7-3-17(37)11-29(23)51-30-12-18(38)4-8-24(30)35)27-15-22(34(43)44)28(16-21(27)33(41)42)36(54(47,48)50-2)25-9-5-19(39)13-31(25)52-32-14-20(40)6-10-26(32)36/h3-16,37-40H,1-2H3,(H,41,42)(H,43,44). The maximum atomic E-state index is 14.6. The van der Waals surface area contributed by atoms with E-state index in [1.807, 2.05) is 0 Å². The number of carboxylic acid groups (broad SMARTS) is 2. The number of benzene rings is 5. The van der Waals surface area contributed by atoms with E-state index in [0.29, 0.717) is 12.1 Å². The molecule has 5 aromatic rings. The molecule has 0 bridgehead atoms. The predicted octanol–water partition coefficient (Wildman–Crippen LogP) is 4.65. The zero-order valence-corrected chi connectivity index (χ0v) is 29.3. The minimum absolute atomic E-state index is 0.348. The molecule has 2 aliphatic heterocycles. The van der Waals surface area contributed by atoms with Gasteiger partial charge in [-0.1, -0.05) is 0 Å². The molecule has 0 unspecified atom stereocenters. The summed E-state index contributed by atoms with van der Waals surface area (Å²) < 4.78 is 74.4. The lowest BCUT2D eigenvalue weighted by atomic mass is 9.74. The zero-order chi connectivity index (χ0) is 39.1. The summed E-state index contributed by atoms with van der Waals surface area (Å²) in [6, 6.07) is 14.1. The van der Waals surface area contributed by atoms with Gasteiger partial charge in [-0.25, -0.2) is 9.59 Å². The van der Waals surface area contributed by atoms with Gasteiger partial charge in [0.15, 0.2) is 9.49 Å². The third kappa shape index (κ3) is 4.81. The van der Waals surface area contributed by atoms with Crippen molar-refractivity contribution in [1.82, 2.24) is 0 Å². The van der Waals surface area contributed by atoms with Crippen molar-refractivity contribution in [3.05, 3.63) is 129 Å². The number of carbonyl (C=O) groups is 2. The van der Waals surface area contributed by atoms with E-state index in [-0.39, 0.29) is 45.3 Å². The lowest BCUT2D eigenvalue weighted by Gasteiger charge is -2.42. The van der Waals surface area contributed by atoms with Crippen LogP contribution in [0.25, 0.3) is 0 Å². The Morgan fingerprint density at radius 2 is 0.741 bits per heavy atom. The van der Waals surface area contributed by atoms with E-state index in [9.17, 15) is 57.1 Å². The molecule has 2 heterocycles. The maximum absolute atomic E-state index is 14.6. The van der Waals surface area contributed by atoms with Crippen molar-refractivity contribution < 1.29 is 74.9 Å². The van der Waals surface area contributed by atoms with Gasteiger partial charge in [-0.3, -0.25) is 8.37 Å². The van der Waals surface area contributed by atoms with E-state index in [4.69, 9.17) is 17.8 Å². The number of hydrogen-bond acceptors (Lipinski definition) is 14. The Morgan fingerprint density at radius 3 is 0.963 bits per heavy atom. The van der Waals surface area contributed by atoms with E-state index in [1.54, 1.807) is 0 Å². The van der Waals surface area contributed by atoms with Crippen LogP contribution in [0.4, 0.5) is 0 Å². The fourth-order valence-electron chi connectivity index (χ4n) is 7.25. The van der Waals surface area contributed by atoms with Crippen molar-refractivity contribution in [2.75, 3.05) is 14.2 Å². The summed E-state index contributed by atoms with van der Waals surface area (Å²) in [7, 11) is -8.84. The van der Waals surface area contributed by atoms with Crippen LogP contribution in [0.3, 0.4) is 0 Å². The first kappa shape index (κ1) is 36.0. The lowest BCUT2D eigenvalue weighted by Crippen LogP contribution is -2.45. The fraction of sp³-hybridized carbons (Fsp3) is 0.111. The highest BCUT2D eigenvalue weighted by atomic mass is 32.2. The molecule has 6 N–H and O–H groups in total. The highest BCUT2D eigenvalue weighted by molar-refractivity contribution is 7.88. The van der Waals surface area contributed by atoms with Crippen LogP contribution in [-0.4, -0.2) is 73.6 Å². The number of hydrogen-bond donors (Lipinski definition) is 6. The van der Waals surface area contributed by atoms with Crippen molar-refractivity contribution in [3.8, 4) is 46.0 Å². The summed E-state index contributed by atoms with van der Waals surface area (Å²) in [5.74, 6) is -6.79. The number of phenols is 4. The summed E-state index contributed by atoms with van der Waals surface area (Å²) in [5, 5.41) is 63.3. The van der Waals surface area contributed by atoms with E-state index in [0.717, 1.165) is 87.0 Å². The fourth-order valence-corrected chi connectivity index (χ4v) is 10.4. The van der Waals surface area contributed by atoms with Crippen molar-refractivity contribution in [3.63, 3.8) is 0 Å². The summed E-state index contributed by atoms with van der Waals surface area (Å²) in [4.78, 5) is 27.0. The molecular formula is C36H26O16S2. The predicted molar refractivity (Wildman–Crippen MR) is 185 cm³/mol. The van der Waals surface area contributed by atoms with Crippen LogP contribution < -0.4 is 9.47 Å². The number of carboxylic acids is 2. The quantitative estimate of drug-likeness (QED) is 0.117. The van der Waals surface area contributed by atoms with Gasteiger partial charge >= 0.3 is 11.9 Å². The molecule has 0 saturated carbocycles. The Morgan fingerprint density at radius 1 is 0.481 bits per heavy atom. The van der Waals surface area contributed by atoms with Crippen LogP contribution in [0.1, 0.15) is 54.1 Å². The highest BCUT2D eigenvalue weighted by Crippen LogP contribution is 2.60. The first-order valence-electron chi connectivity index (χ1n) is 15.4. The van der Waals surface area contributed by atoms with Crippen molar-refractivity contribution in [2.45, 2.75) is 9.49 Å². The van der Waals surface area contributed by atoms with Crippen LogP contribution in [0.5, 0.6) is 46.0 Å². The number of fused-ring (bicyclic) bond motifs is 4. The molecule has 16 nitrogen and oxygen atoms in total. The molecule has 18 heteroatoms. The van der Waals surface area contributed by atoms with E-state index >= 15 is 0 Å². The monoisotopic (exact) mass is 778 g/mol. The average molecular weight is 779 g/mol. The van der Waals surface area contributed by atoms with Gasteiger partial charge in [-0.05, 0) is 60.7 Å². The molecule has 0 saturated heterocycles. The van der Waals surface area contributed by atoms with Crippen molar-refractivity contribution in [1.29, 1.82) is 0 Å². The minimum atomic E-state index is -5.20. The van der Waals surface area contributed by atoms with Crippen molar-refractivity contribution in [2.24, 2.45) is 0 Å². The first-order valence-corrected chi connectivity index (χ1v) is 18.2. The molecular weight excluding hydrogens is 753 g/mol. The Bertz CT molecular complexity index is 2400. The molecule has 0 fully saturated rings. The summed E-state index contributed by atoms with van der Waals surface area (Å²) >= 11 is 0. The molecule has 7 rings (SSSR count). The number of rotatable bonds is 8. The van der Waals surface area contributed by atoms with Gasteiger partial charge in [0.2, 0.25) is 0 Å².